The van der Waals surface area contributed by atoms with Crippen molar-refractivity contribution in [2.75, 3.05) is 6.61 Å². The number of hydrogen-bond acceptors (Lipinski definition) is 2. The van der Waals surface area contributed by atoms with Crippen LogP contribution in [-0.4, -0.2) is 17.6 Å². The number of carbonyl (C=O) groups excluding carboxylic acids is 1. The number of aliphatic hydroxyl groups excluding tert-OH is 1. The van der Waals surface area contributed by atoms with Gasteiger partial charge in [0.05, 0.1) is 6.61 Å². The first-order valence-electron chi connectivity index (χ1n) is 7.91. The molecule has 120 valence electrons. The minimum Gasteiger partial charge on any atom is -0.395 e. The van der Waals surface area contributed by atoms with Crippen LogP contribution in [0.4, 0.5) is 0 Å². The SMILES string of the molecule is CC1(C)CC=C(c2cc(C(C)(C)CO)ccc2C(N)=O)CC1. The van der Waals surface area contributed by atoms with E-state index in [9.17, 15) is 9.90 Å². The molecule has 0 aliphatic heterocycles. The molecule has 1 aliphatic rings. The first kappa shape index (κ1) is 16.8. The van der Waals surface area contributed by atoms with Crippen LogP contribution in [0.1, 0.15) is 68.4 Å². The van der Waals surface area contributed by atoms with Gasteiger partial charge in [-0.1, -0.05) is 45.9 Å². The Morgan fingerprint density at radius 3 is 2.55 bits per heavy atom. The Hall–Kier alpha value is -1.61. The number of carbonyl (C=O) groups is 1. The number of amides is 1. The van der Waals surface area contributed by atoms with Gasteiger partial charge in [-0.2, -0.15) is 0 Å². The number of allylic oxidation sites excluding steroid dienone is 2. The molecular weight excluding hydrogens is 274 g/mol. The molecule has 0 fully saturated rings. The zero-order chi connectivity index (χ0) is 16.5. The molecule has 22 heavy (non-hydrogen) atoms. The largest absolute Gasteiger partial charge is 0.395 e. The molecule has 1 aromatic rings. The number of rotatable bonds is 4. The van der Waals surface area contributed by atoms with Crippen molar-refractivity contribution < 1.29 is 9.90 Å². The van der Waals surface area contributed by atoms with Crippen LogP contribution in [0, 0.1) is 5.41 Å². The fraction of sp³-hybridized carbons (Fsp3) is 0.526. The van der Waals surface area contributed by atoms with Crippen molar-refractivity contribution in [1.29, 1.82) is 0 Å². The molecule has 1 aliphatic carbocycles. The molecule has 0 spiro atoms. The minimum atomic E-state index is -0.394. The van der Waals surface area contributed by atoms with E-state index in [-0.39, 0.29) is 12.0 Å². The third kappa shape index (κ3) is 3.41. The van der Waals surface area contributed by atoms with Crippen LogP contribution in [0.5, 0.6) is 0 Å². The summed E-state index contributed by atoms with van der Waals surface area (Å²) in [7, 11) is 0. The van der Waals surface area contributed by atoms with Crippen molar-refractivity contribution >= 4 is 11.5 Å². The number of hydrogen-bond donors (Lipinski definition) is 2. The zero-order valence-corrected chi connectivity index (χ0v) is 14.1. The molecular formula is C19H27NO2. The third-order valence-electron chi connectivity index (χ3n) is 4.78. The lowest BCUT2D eigenvalue weighted by atomic mass is 9.75. The van der Waals surface area contributed by atoms with Crippen LogP contribution in [0.25, 0.3) is 5.57 Å². The second-order valence-corrected chi connectivity index (χ2v) is 7.76. The van der Waals surface area contributed by atoms with Gasteiger partial charge in [-0.25, -0.2) is 0 Å². The van der Waals surface area contributed by atoms with Gasteiger partial charge in [-0.15, -0.1) is 0 Å². The van der Waals surface area contributed by atoms with Crippen LogP contribution in [0.15, 0.2) is 24.3 Å². The van der Waals surface area contributed by atoms with Gasteiger partial charge in [0, 0.05) is 11.0 Å². The molecule has 0 aromatic heterocycles. The Morgan fingerprint density at radius 2 is 2.05 bits per heavy atom. The molecule has 0 unspecified atom stereocenters. The van der Waals surface area contributed by atoms with Crippen LogP contribution in [0.2, 0.25) is 0 Å². The average Bonchev–Trinajstić information content (AvgIpc) is 2.46. The van der Waals surface area contributed by atoms with E-state index in [2.05, 4.69) is 19.9 Å². The fourth-order valence-electron chi connectivity index (χ4n) is 2.86. The van der Waals surface area contributed by atoms with Crippen LogP contribution in [0.3, 0.4) is 0 Å². The smallest absolute Gasteiger partial charge is 0.249 e. The molecule has 1 amide bonds. The summed E-state index contributed by atoms with van der Waals surface area (Å²) in [5.74, 6) is -0.394. The Morgan fingerprint density at radius 1 is 1.36 bits per heavy atom. The van der Waals surface area contributed by atoms with Gasteiger partial charge in [-0.3, -0.25) is 4.79 Å². The molecule has 0 radical (unpaired) electrons. The fourth-order valence-corrected chi connectivity index (χ4v) is 2.86. The normalized spacial score (nSPS) is 18.0. The van der Waals surface area contributed by atoms with Crippen molar-refractivity contribution in [2.24, 2.45) is 11.1 Å². The highest BCUT2D eigenvalue weighted by molar-refractivity contribution is 5.98. The summed E-state index contributed by atoms with van der Waals surface area (Å²) < 4.78 is 0. The first-order valence-corrected chi connectivity index (χ1v) is 7.91. The third-order valence-corrected chi connectivity index (χ3v) is 4.78. The molecule has 0 atom stereocenters. The lowest BCUT2D eigenvalue weighted by Gasteiger charge is -2.30. The highest BCUT2D eigenvalue weighted by Crippen LogP contribution is 2.39. The highest BCUT2D eigenvalue weighted by atomic mass is 16.3. The van der Waals surface area contributed by atoms with Crippen molar-refractivity contribution in [3.63, 3.8) is 0 Å². The number of benzene rings is 1. The topological polar surface area (TPSA) is 63.3 Å². The van der Waals surface area contributed by atoms with Crippen molar-refractivity contribution in [2.45, 2.75) is 52.4 Å². The van der Waals surface area contributed by atoms with E-state index in [1.54, 1.807) is 6.07 Å². The van der Waals surface area contributed by atoms with Gasteiger partial charge in [0.2, 0.25) is 5.91 Å². The summed E-state index contributed by atoms with van der Waals surface area (Å²) in [6.07, 6.45) is 5.30. The summed E-state index contributed by atoms with van der Waals surface area (Å²) in [6, 6.07) is 5.72. The Balaban J connectivity index is 2.50. The minimum absolute atomic E-state index is 0.0639. The Labute approximate surface area is 133 Å². The molecule has 3 heteroatoms. The number of aliphatic hydroxyl groups is 1. The lowest BCUT2D eigenvalue weighted by molar-refractivity contribution is 0.1000. The van der Waals surface area contributed by atoms with E-state index in [4.69, 9.17) is 5.73 Å². The summed E-state index contributed by atoms with van der Waals surface area (Å²) in [6.45, 7) is 8.58. The van der Waals surface area contributed by atoms with Gasteiger partial charge in [0.25, 0.3) is 0 Å². The quantitative estimate of drug-likeness (QED) is 0.891. The second kappa shape index (κ2) is 5.88. The number of nitrogens with two attached hydrogens (primary N) is 1. The van der Waals surface area contributed by atoms with E-state index in [0.29, 0.717) is 11.0 Å². The van der Waals surface area contributed by atoms with E-state index < -0.39 is 5.91 Å². The molecule has 3 nitrogen and oxygen atoms in total. The maximum atomic E-state index is 11.8. The predicted molar refractivity (Wildman–Crippen MR) is 90.7 cm³/mol. The van der Waals surface area contributed by atoms with Crippen molar-refractivity contribution in [1.82, 2.24) is 0 Å². The standard InChI is InChI=1S/C19H27NO2/c1-18(2)9-7-13(8-10-18)16-11-14(19(3,4)12-21)5-6-15(16)17(20)22/h5-7,11,21H,8-10,12H2,1-4H3,(H2,20,22). The van der Waals surface area contributed by atoms with Gasteiger partial charge < -0.3 is 10.8 Å². The summed E-state index contributed by atoms with van der Waals surface area (Å²) in [5.41, 5.74) is 9.27. The van der Waals surface area contributed by atoms with Gasteiger partial charge in [0.1, 0.15) is 0 Å². The summed E-state index contributed by atoms with van der Waals surface area (Å²) in [5, 5.41) is 9.59. The molecule has 2 rings (SSSR count). The van der Waals surface area contributed by atoms with Gasteiger partial charge >= 0.3 is 0 Å². The maximum Gasteiger partial charge on any atom is 0.249 e. The predicted octanol–water partition coefficient (Wildman–Crippen LogP) is 3.65. The van der Waals surface area contributed by atoms with Crippen LogP contribution < -0.4 is 5.73 Å². The van der Waals surface area contributed by atoms with E-state index >= 15 is 0 Å². The molecule has 0 bridgehead atoms. The maximum absolute atomic E-state index is 11.8. The van der Waals surface area contributed by atoms with Crippen molar-refractivity contribution in [3.05, 3.63) is 41.0 Å². The molecule has 0 heterocycles. The Kier molecular flexibility index (Phi) is 4.48. The van der Waals surface area contributed by atoms with Gasteiger partial charge in [0.15, 0.2) is 0 Å². The van der Waals surface area contributed by atoms with Gasteiger partial charge in [-0.05, 0) is 47.4 Å². The average molecular weight is 301 g/mol. The monoisotopic (exact) mass is 301 g/mol. The van der Waals surface area contributed by atoms with Crippen molar-refractivity contribution in [3.8, 4) is 0 Å². The van der Waals surface area contributed by atoms with Crippen LogP contribution >= 0.6 is 0 Å². The van der Waals surface area contributed by atoms with E-state index in [1.807, 2.05) is 26.0 Å². The summed E-state index contributed by atoms with van der Waals surface area (Å²) >= 11 is 0. The second-order valence-electron chi connectivity index (χ2n) is 7.76. The highest BCUT2D eigenvalue weighted by Gasteiger charge is 2.26. The van der Waals surface area contributed by atoms with E-state index in [0.717, 1.165) is 30.4 Å². The van der Waals surface area contributed by atoms with E-state index in [1.165, 1.54) is 5.57 Å². The van der Waals surface area contributed by atoms with Crippen LogP contribution in [-0.2, 0) is 5.41 Å². The lowest BCUT2D eigenvalue weighted by Crippen LogP contribution is -2.23. The summed E-state index contributed by atoms with van der Waals surface area (Å²) in [4.78, 5) is 11.8. The zero-order valence-electron chi connectivity index (χ0n) is 14.1. The molecule has 0 saturated heterocycles. The molecule has 3 N–H and O–H groups in total. The molecule has 0 saturated carbocycles. The number of primary amides is 1. The first-order chi connectivity index (χ1) is 10.2. The molecule has 1 aromatic carbocycles. The Bertz CT molecular complexity index is 612.